The number of H-pyrrole nitrogens is 1. The number of alkyl carbamates (subject to hydrolysis) is 1. The molecule has 13 heavy (non-hydrogen) atoms. The van der Waals surface area contributed by atoms with Crippen LogP contribution in [0.2, 0.25) is 0 Å². The number of aromatic nitrogens is 1. The van der Waals surface area contributed by atoms with Gasteiger partial charge in [0.25, 0.3) is 0 Å². The van der Waals surface area contributed by atoms with Crippen molar-refractivity contribution in [3.8, 4) is 0 Å². The summed E-state index contributed by atoms with van der Waals surface area (Å²) in [6.45, 7) is 0.500. The van der Waals surface area contributed by atoms with E-state index in [1.54, 1.807) is 0 Å². The highest BCUT2D eigenvalue weighted by molar-refractivity contribution is 5.69. The number of hydrogen-bond donors (Lipinski definition) is 2. The second-order valence-electron chi connectivity index (χ2n) is 3.17. The van der Waals surface area contributed by atoms with Gasteiger partial charge in [-0.05, 0) is 25.0 Å². The smallest absolute Gasteiger partial charge is 0.407 e. The molecule has 1 aliphatic heterocycles. The number of aryl methyl sites for hydroxylation is 1. The summed E-state index contributed by atoms with van der Waals surface area (Å²) in [6, 6.07) is 4.19. The van der Waals surface area contributed by atoms with E-state index in [1.807, 2.05) is 18.3 Å². The largest absolute Gasteiger partial charge is 0.447 e. The van der Waals surface area contributed by atoms with Crippen molar-refractivity contribution in [1.29, 1.82) is 0 Å². The van der Waals surface area contributed by atoms with Crippen LogP contribution in [0.15, 0.2) is 18.3 Å². The molecule has 1 atom stereocenters. The van der Waals surface area contributed by atoms with Crippen LogP contribution in [0, 0.1) is 0 Å². The molecule has 0 aliphatic carbocycles. The molecule has 4 nitrogen and oxygen atoms in total. The molecule has 1 aromatic rings. The Bertz CT molecular complexity index is 282. The summed E-state index contributed by atoms with van der Waals surface area (Å²) in [5.41, 5.74) is 1.20. The van der Waals surface area contributed by atoms with Crippen molar-refractivity contribution in [2.24, 2.45) is 0 Å². The second kappa shape index (κ2) is 3.51. The molecular weight excluding hydrogens is 168 g/mol. The number of amides is 1. The van der Waals surface area contributed by atoms with Gasteiger partial charge in [0.2, 0.25) is 0 Å². The van der Waals surface area contributed by atoms with Crippen LogP contribution in [0.3, 0.4) is 0 Å². The molecule has 0 spiro atoms. The molecule has 4 heteroatoms. The maximum Gasteiger partial charge on any atom is 0.407 e. The summed E-state index contributed by atoms with van der Waals surface area (Å²) in [4.78, 5) is 13.8. The molecule has 1 aliphatic rings. The Morgan fingerprint density at radius 2 is 2.54 bits per heavy atom. The van der Waals surface area contributed by atoms with Crippen LogP contribution < -0.4 is 5.32 Å². The van der Waals surface area contributed by atoms with Gasteiger partial charge in [-0.2, -0.15) is 0 Å². The number of cyclic esters (lactones) is 1. The monoisotopic (exact) mass is 180 g/mol. The lowest BCUT2D eigenvalue weighted by molar-refractivity contribution is 0.176. The van der Waals surface area contributed by atoms with E-state index in [9.17, 15) is 4.79 Å². The highest BCUT2D eigenvalue weighted by atomic mass is 16.6. The maximum atomic E-state index is 10.7. The summed E-state index contributed by atoms with van der Waals surface area (Å²) in [5.74, 6) is 0. The van der Waals surface area contributed by atoms with Gasteiger partial charge < -0.3 is 15.0 Å². The summed E-state index contributed by atoms with van der Waals surface area (Å²) in [6.07, 6.45) is 3.48. The van der Waals surface area contributed by atoms with E-state index in [-0.39, 0.29) is 12.1 Å². The minimum atomic E-state index is -0.295. The lowest BCUT2D eigenvalue weighted by Crippen LogP contribution is -2.26. The van der Waals surface area contributed by atoms with Crippen molar-refractivity contribution >= 4 is 6.09 Å². The zero-order valence-corrected chi connectivity index (χ0v) is 7.25. The average molecular weight is 180 g/mol. The second-order valence-corrected chi connectivity index (χ2v) is 3.17. The molecule has 2 rings (SSSR count). The van der Waals surface area contributed by atoms with Gasteiger partial charge in [-0.1, -0.05) is 0 Å². The standard InChI is InChI=1S/C9H12N2O2/c12-9-11-8(6-13-9)4-3-7-2-1-5-10-7/h1-2,5,8,10H,3-4,6H2,(H,11,12). The van der Waals surface area contributed by atoms with Crippen LogP contribution >= 0.6 is 0 Å². The zero-order valence-electron chi connectivity index (χ0n) is 7.25. The number of ether oxygens (including phenoxy) is 1. The van der Waals surface area contributed by atoms with E-state index < -0.39 is 0 Å². The summed E-state index contributed by atoms with van der Waals surface area (Å²) >= 11 is 0. The third kappa shape index (κ3) is 2.02. The van der Waals surface area contributed by atoms with Gasteiger partial charge in [-0.25, -0.2) is 4.79 Å². The normalized spacial score (nSPS) is 21.2. The van der Waals surface area contributed by atoms with Gasteiger partial charge in [0.05, 0.1) is 6.04 Å². The highest BCUT2D eigenvalue weighted by Gasteiger charge is 2.21. The lowest BCUT2D eigenvalue weighted by Gasteiger charge is -2.04. The van der Waals surface area contributed by atoms with E-state index in [4.69, 9.17) is 4.74 Å². The Kier molecular flexibility index (Phi) is 2.21. The molecule has 1 amide bonds. The Hall–Kier alpha value is -1.45. The van der Waals surface area contributed by atoms with Crippen molar-refractivity contribution in [3.05, 3.63) is 24.0 Å². The van der Waals surface area contributed by atoms with Gasteiger partial charge in [0, 0.05) is 11.9 Å². The van der Waals surface area contributed by atoms with Gasteiger partial charge >= 0.3 is 6.09 Å². The Labute approximate surface area is 76.3 Å². The van der Waals surface area contributed by atoms with E-state index in [1.165, 1.54) is 5.69 Å². The first kappa shape index (κ1) is 8.16. The highest BCUT2D eigenvalue weighted by Crippen LogP contribution is 2.06. The van der Waals surface area contributed by atoms with Crippen molar-refractivity contribution in [2.75, 3.05) is 6.61 Å². The van der Waals surface area contributed by atoms with Crippen LogP contribution in [0.1, 0.15) is 12.1 Å². The fraction of sp³-hybridized carbons (Fsp3) is 0.444. The Morgan fingerprint density at radius 1 is 1.62 bits per heavy atom. The van der Waals surface area contributed by atoms with E-state index in [0.29, 0.717) is 6.61 Å². The number of aromatic amines is 1. The van der Waals surface area contributed by atoms with E-state index >= 15 is 0 Å². The van der Waals surface area contributed by atoms with Crippen LogP contribution in [0.25, 0.3) is 0 Å². The Morgan fingerprint density at radius 3 is 3.15 bits per heavy atom. The average Bonchev–Trinajstić information content (AvgIpc) is 2.71. The first-order chi connectivity index (χ1) is 6.34. The third-order valence-corrected chi connectivity index (χ3v) is 2.16. The summed E-state index contributed by atoms with van der Waals surface area (Å²) < 4.78 is 4.78. The number of carbonyl (C=O) groups excluding carboxylic acids is 1. The number of nitrogens with one attached hydrogen (secondary N) is 2. The first-order valence-corrected chi connectivity index (χ1v) is 4.40. The van der Waals surface area contributed by atoms with Gasteiger partial charge in [0.1, 0.15) is 6.61 Å². The molecule has 0 radical (unpaired) electrons. The molecule has 1 aromatic heterocycles. The fourth-order valence-electron chi connectivity index (χ4n) is 1.43. The molecule has 1 saturated heterocycles. The molecule has 0 aromatic carbocycles. The van der Waals surface area contributed by atoms with E-state index in [2.05, 4.69) is 10.3 Å². The quantitative estimate of drug-likeness (QED) is 0.730. The maximum absolute atomic E-state index is 10.7. The van der Waals surface area contributed by atoms with Crippen molar-refractivity contribution < 1.29 is 9.53 Å². The number of hydrogen-bond acceptors (Lipinski definition) is 2. The van der Waals surface area contributed by atoms with Crippen molar-refractivity contribution in [2.45, 2.75) is 18.9 Å². The molecule has 0 saturated carbocycles. The molecule has 1 fully saturated rings. The van der Waals surface area contributed by atoms with Gasteiger partial charge in [-0.3, -0.25) is 0 Å². The van der Waals surface area contributed by atoms with Crippen molar-refractivity contribution in [1.82, 2.24) is 10.3 Å². The van der Waals surface area contributed by atoms with Crippen LogP contribution in [0.4, 0.5) is 4.79 Å². The van der Waals surface area contributed by atoms with Crippen LogP contribution in [-0.4, -0.2) is 23.7 Å². The SMILES string of the molecule is O=C1NC(CCc2ccc[nH]2)CO1. The molecule has 0 bridgehead atoms. The predicted octanol–water partition coefficient (Wildman–Crippen LogP) is 1.06. The molecule has 2 N–H and O–H groups in total. The van der Waals surface area contributed by atoms with Crippen molar-refractivity contribution in [3.63, 3.8) is 0 Å². The topological polar surface area (TPSA) is 54.1 Å². The number of rotatable bonds is 3. The minimum Gasteiger partial charge on any atom is -0.447 e. The van der Waals surface area contributed by atoms with Gasteiger partial charge in [-0.15, -0.1) is 0 Å². The molecule has 70 valence electrons. The summed E-state index contributed by atoms with van der Waals surface area (Å²) in [5, 5.41) is 2.74. The summed E-state index contributed by atoms with van der Waals surface area (Å²) in [7, 11) is 0. The minimum absolute atomic E-state index is 0.177. The first-order valence-electron chi connectivity index (χ1n) is 4.40. The fourth-order valence-corrected chi connectivity index (χ4v) is 1.43. The molecule has 2 heterocycles. The van der Waals surface area contributed by atoms with Crippen LogP contribution in [-0.2, 0) is 11.2 Å². The van der Waals surface area contributed by atoms with Gasteiger partial charge in [0.15, 0.2) is 0 Å². The number of carbonyl (C=O) groups is 1. The van der Waals surface area contributed by atoms with E-state index in [0.717, 1.165) is 12.8 Å². The molecule has 1 unspecified atom stereocenters. The zero-order chi connectivity index (χ0) is 9.10. The Balaban J connectivity index is 1.77. The molecular formula is C9H12N2O2. The lowest BCUT2D eigenvalue weighted by atomic mass is 10.1. The predicted molar refractivity (Wildman–Crippen MR) is 47.4 cm³/mol. The third-order valence-electron chi connectivity index (χ3n) is 2.16. The van der Waals surface area contributed by atoms with Crippen LogP contribution in [0.5, 0.6) is 0 Å².